The molecule has 0 fully saturated rings. The number of hydrogen-bond donors (Lipinski definition) is 3. The predicted molar refractivity (Wildman–Crippen MR) is 183 cm³/mol. The fourth-order valence-electron chi connectivity index (χ4n) is 4.18. The van der Waals surface area contributed by atoms with Crippen molar-refractivity contribution in [3.05, 3.63) is 106 Å². The van der Waals surface area contributed by atoms with Crippen LogP contribution in [-0.4, -0.2) is 36.1 Å². The molecule has 0 saturated heterocycles. The Morgan fingerprint density at radius 1 is 0.783 bits per heavy atom. The number of rotatable bonds is 12. The molecular formula is C34H32Cl2N6O4. The van der Waals surface area contributed by atoms with Crippen LogP contribution in [0.1, 0.15) is 25.0 Å². The van der Waals surface area contributed by atoms with Crippen molar-refractivity contribution < 1.29 is 19.1 Å². The molecule has 0 saturated carbocycles. The van der Waals surface area contributed by atoms with Gasteiger partial charge in [0.25, 0.3) is 11.8 Å². The van der Waals surface area contributed by atoms with Gasteiger partial charge < -0.3 is 15.4 Å². The third-order valence-electron chi connectivity index (χ3n) is 6.76. The number of halogens is 2. The van der Waals surface area contributed by atoms with Crippen molar-refractivity contribution in [2.24, 2.45) is 15.3 Å². The lowest BCUT2D eigenvalue weighted by atomic mass is 10.0. The van der Waals surface area contributed by atoms with Gasteiger partial charge in [-0.3, -0.25) is 19.8 Å². The van der Waals surface area contributed by atoms with Crippen LogP contribution in [0.15, 0.2) is 100 Å². The standard InChI is InChI=1S/C34H32Cl2N6O4/c1-20-9-5-7-11-28(20)37-19-46-34(23(4)44)42-40-31-16-14-25(18-27(31)36)24-13-15-30(26(35)17-24)39-41-32(22(3)43)33(45)38-29-12-8-6-10-21(29)2/h5-18,32,37,40H,19H2,1-4H3,(H,38,45). The number of anilines is 3. The van der Waals surface area contributed by atoms with Gasteiger partial charge in [0.1, 0.15) is 5.69 Å². The molecule has 0 aliphatic heterocycles. The number of ketones is 2. The number of para-hydroxylation sites is 2. The van der Waals surface area contributed by atoms with E-state index < -0.39 is 17.7 Å². The van der Waals surface area contributed by atoms with E-state index >= 15 is 0 Å². The Morgan fingerprint density at radius 2 is 1.39 bits per heavy atom. The van der Waals surface area contributed by atoms with E-state index in [0.717, 1.165) is 27.9 Å². The van der Waals surface area contributed by atoms with Crippen LogP contribution in [0.2, 0.25) is 10.0 Å². The number of aryl methyl sites for hydroxylation is 2. The summed E-state index contributed by atoms with van der Waals surface area (Å²) in [7, 11) is 0. The molecule has 3 N–H and O–H groups in total. The molecule has 4 aromatic carbocycles. The number of benzene rings is 4. The maximum absolute atomic E-state index is 12.8. The minimum Gasteiger partial charge on any atom is -0.453 e. The molecule has 1 amide bonds. The molecule has 1 atom stereocenters. The van der Waals surface area contributed by atoms with Crippen LogP contribution in [0.4, 0.5) is 22.7 Å². The van der Waals surface area contributed by atoms with Crippen LogP contribution >= 0.6 is 23.2 Å². The summed E-state index contributed by atoms with van der Waals surface area (Å²) in [5.41, 5.74) is 8.36. The highest BCUT2D eigenvalue weighted by molar-refractivity contribution is 6.36. The quantitative estimate of drug-likeness (QED) is 0.0350. The van der Waals surface area contributed by atoms with E-state index in [0.29, 0.717) is 16.4 Å². The third kappa shape index (κ3) is 8.99. The zero-order valence-electron chi connectivity index (χ0n) is 25.6. The zero-order chi connectivity index (χ0) is 33.2. The average molecular weight is 660 g/mol. The minimum atomic E-state index is -1.34. The molecule has 12 heteroatoms. The lowest BCUT2D eigenvalue weighted by Crippen LogP contribution is -2.32. The Labute approximate surface area is 276 Å². The van der Waals surface area contributed by atoms with E-state index in [-0.39, 0.29) is 29.1 Å². The summed E-state index contributed by atoms with van der Waals surface area (Å²) in [4.78, 5) is 37.0. The molecule has 0 bridgehead atoms. The van der Waals surface area contributed by atoms with Crippen molar-refractivity contribution in [2.75, 3.05) is 22.8 Å². The van der Waals surface area contributed by atoms with Crippen LogP contribution in [-0.2, 0) is 19.1 Å². The minimum absolute atomic E-state index is 0.0456. The van der Waals surface area contributed by atoms with E-state index in [4.69, 9.17) is 27.9 Å². The number of nitrogens with one attached hydrogen (secondary N) is 3. The number of Topliss-reactive ketones (excluding diaryl/α,β-unsaturated/α-hetero) is 2. The second-order valence-electron chi connectivity index (χ2n) is 10.3. The fraction of sp³-hybridized carbons (Fsp3) is 0.176. The van der Waals surface area contributed by atoms with Gasteiger partial charge in [-0.2, -0.15) is 10.2 Å². The number of carbonyl (C=O) groups excluding carboxylic acids is 3. The van der Waals surface area contributed by atoms with Gasteiger partial charge in [0.15, 0.2) is 12.5 Å². The lowest BCUT2D eigenvalue weighted by Gasteiger charge is -2.12. The molecule has 0 spiro atoms. The number of azo groups is 1. The van der Waals surface area contributed by atoms with Crippen LogP contribution in [0.5, 0.6) is 0 Å². The predicted octanol–water partition coefficient (Wildman–Crippen LogP) is 8.36. The van der Waals surface area contributed by atoms with Crippen LogP contribution < -0.4 is 16.1 Å². The first-order valence-corrected chi connectivity index (χ1v) is 14.9. The first-order chi connectivity index (χ1) is 22.0. The highest BCUT2D eigenvalue weighted by Crippen LogP contribution is 2.34. The zero-order valence-corrected chi connectivity index (χ0v) is 27.1. The molecule has 0 aliphatic carbocycles. The smallest absolute Gasteiger partial charge is 0.276 e. The van der Waals surface area contributed by atoms with Crippen molar-refractivity contribution in [1.82, 2.24) is 0 Å². The molecule has 0 radical (unpaired) electrons. The van der Waals surface area contributed by atoms with Crippen LogP contribution in [0.25, 0.3) is 11.1 Å². The maximum Gasteiger partial charge on any atom is 0.276 e. The summed E-state index contributed by atoms with van der Waals surface area (Å²) in [6, 6.07) is 23.9. The van der Waals surface area contributed by atoms with Gasteiger partial charge >= 0.3 is 0 Å². The van der Waals surface area contributed by atoms with E-state index in [1.54, 1.807) is 48.5 Å². The number of ether oxygens (including phenoxy) is 1. The highest BCUT2D eigenvalue weighted by atomic mass is 35.5. The number of nitrogens with zero attached hydrogens (tertiary/aromatic N) is 3. The number of amides is 1. The van der Waals surface area contributed by atoms with E-state index in [9.17, 15) is 14.4 Å². The lowest BCUT2D eigenvalue weighted by molar-refractivity contribution is -0.126. The Balaban J connectivity index is 1.42. The van der Waals surface area contributed by atoms with Crippen molar-refractivity contribution in [3.63, 3.8) is 0 Å². The highest BCUT2D eigenvalue weighted by Gasteiger charge is 2.24. The third-order valence-corrected chi connectivity index (χ3v) is 7.38. The van der Waals surface area contributed by atoms with Crippen molar-refractivity contribution >= 4 is 69.3 Å². The van der Waals surface area contributed by atoms with E-state index in [2.05, 4.69) is 31.4 Å². The Hall–Kier alpha value is -5.06. The molecule has 0 heterocycles. The van der Waals surface area contributed by atoms with Crippen LogP contribution in [0.3, 0.4) is 0 Å². The van der Waals surface area contributed by atoms with Crippen molar-refractivity contribution in [2.45, 2.75) is 33.7 Å². The Morgan fingerprint density at radius 3 is 1.98 bits per heavy atom. The molecule has 0 aliphatic rings. The monoisotopic (exact) mass is 658 g/mol. The van der Waals surface area contributed by atoms with Crippen LogP contribution in [0, 0.1) is 13.8 Å². The Kier molecular flexibility index (Phi) is 11.6. The van der Waals surface area contributed by atoms with Gasteiger partial charge in [0, 0.05) is 18.3 Å². The number of hydrogen-bond acceptors (Lipinski definition) is 9. The molecule has 236 valence electrons. The summed E-state index contributed by atoms with van der Waals surface area (Å²) in [6.07, 6.45) is 0. The summed E-state index contributed by atoms with van der Waals surface area (Å²) in [5, 5.41) is 18.6. The topological polar surface area (TPSA) is 134 Å². The second kappa shape index (κ2) is 15.8. The van der Waals surface area contributed by atoms with Gasteiger partial charge in [-0.05, 0) is 79.4 Å². The second-order valence-corrected chi connectivity index (χ2v) is 11.1. The molecule has 4 rings (SSSR count). The molecule has 10 nitrogen and oxygen atoms in total. The first-order valence-electron chi connectivity index (χ1n) is 14.2. The maximum atomic E-state index is 12.8. The van der Waals surface area contributed by atoms with Crippen molar-refractivity contribution in [3.8, 4) is 11.1 Å². The summed E-state index contributed by atoms with van der Waals surface area (Å²) in [6.45, 7) is 6.48. The molecular weight excluding hydrogens is 627 g/mol. The first kappa shape index (κ1) is 33.8. The Bertz CT molecular complexity index is 1830. The van der Waals surface area contributed by atoms with Gasteiger partial charge in [-0.25, -0.2) is 0 Å². The van der Waals surface area contributed by atoms with E-state index in [1.807, 2.05) is 50.2 Å². The molecule has 4 aromatic rings. The van der Waals surface area contributed by atoms with Gasteiger partial charge in [0.05, 0.1) is 15.7 Å². The summed E-state index contributed by atoms with van der Waals surface area (Å²) >= 11 is 13.0. The summed E-state index contributed by atoms with van der Waals surface area (Å²) < 4.78 is 5.55. The van der Waals surface area contributed by atoms with E-state index in [1.165, 1.54) is 13.8 Å². The van der Waals surface area contributed by atoms with Gasteiger partial charge in [0.2, 0.25) is 11.8 Å². The summed E-state index contributed by atoms with van der Waals surface area (Å²) in [5.74, 6) is -1.53. The molecule has 0 aromatic heterocycles. The largest absolute Gasteiger partial charge is 0.453 e. The average Bonchev–Trinajstić information content (AvgIpc) is 3.01. The number of carbonyl (C=O) groups is 3. The van der Waals surface area contributed by atoms with Gasteiger partial charge in [-0.1, -0.05) is 71.7 Å². The SMILES string of the molecule is CC(=O)C(=NNc1ccc(-c2ccc(N=NC(C(C)=O)C(=O)Nc3ccccc3C)c(Cl)c2)cc1Cl)OCNc1ccccc1C. The molecule has 46 heavy (non-hydrogen) atoms. The fourth-order valence-corrected chi connectivity index (χ4v) is 4.62. The van der Waals surface area contributed by atoms with Crippen molar-refractivity contribution in [1.29, 1.82) is 0 Å². The number of hydrazone groups is 1. The van der Waals surface area contributed by atoms with Gasteiger partial charge in [-0.15, -0.1) is 5.10 Å². The molecule has 1 unspecified atom stereocenters. The normalized spacial score (nSPS) is 12.0.